The van der Waals surface area contributed by atoms with Crippen LogP contribution < -0.4 is 5.73 Å². The molecule has 1 atom stereocenters. The van der Waals surface area contributed by atoms with Gasteiger partial charge in [-0.1, -0.05) is 24.3 Å². The number of alkyl halides is 2. The Labute approximate surface area is 93.6 Å². The second-order valence-corrected chi connectivity index (χ2v) is 5.07. The minimum atomic E-state index is -2.61. The summed E-state index contributed by atoms with van der Waals surface area (Å²) < 4.78 is 26.8. The number of benzene rings is 1. The van der Waals surface area contributed by atoms with Crippen LogP contribution in [0.3, 0.4) is 0 Å². The normalized spacial score (nSPS) is 31.4. The molecule has 0 bridgehead atoms. The Kier molecular flexibility index (Phi) is 1.94. The molecule has 3 heteroatoms. The summed E-state index contributed by atoms with van der Waals surface area (Å²) in [6.45, 7) is 0.0358. The SMILES string of the molecule is NCC1(c2cccc(C3CC3)c2)CC1(F)F. The smallest absolute Gasteiger partial charge is 0.260 e. The van der Waals surface area contributed by atoms with Gasteiger partial charge < -0.3 is 5.73 Å². The van der Waals surface area contributed by atoms with Crippen molar-refractivity contribution in [1.29, 1.82) is 0 Å². The molecule has 1 aromatic carbocycles. The van der Waals surface area contributed by atoms with Crippen LogP contribution in [0.25, 0.3) is 0 Å². The van der Waals surface area contributed by atoms with Crippen molar-refractivity contribution >= 4 is 0 Å². The molecule has 3 rings (SSSR count). The Morgan fingerprint density at radius 3 is 2.50 bits per heavy atom. The predicted octanol–water partition coefficient (Wildman–Crippen LogP) is 2.80. The lowest BCUT2D eigenvalue weighted by molar-refractivity contribution is 0.0896. The van der Waals surface area contributed by atoms with Gasteiger partial charge in [-0.25, -0.2) is 8.78 Å². The van der Waals surface area contributed by atoms with E-state index >= 15 is 0 Å². The topological polar surface area (TPSA) is 26.0 Å². The summed E-state index contributed by atoms with van der Waals surface area (Å²) in [4.78, 5) is 0. The third-order valence-electron chi connectivity index (χ3n) is 3.94. The molecule has 2 fully saturated rings. The highest BCUT2D eigenvalue weighted by atomic mass is 19.3. The van der Waals surface area contributed by atoms with Crippen molar-refractivity contribution in [3.63, 3.8) is 0 Å². The third kappa shape index (κ3) is 1.31. The Bertz CT molecular complexity index is 426. The van der Waals surface area contributed by atoms with Crippen molar-refractivity contribution < 1.29 is 8.78 Å². The van der Waals surface area contributed by atoms with Gasteiger partial charge in [0, 0.05) is 13.0 Å². The molecule has 2 aliphatic carbocycles. The van der Waals surface area contributed by atoms with Gasteiger partial charge in [0.05, 0.1) is 5.41 Å². The molecule has 1 unspecified atom stereocenters. The van der Waals surface area contributed by atoms with E-state index in [2.05, 4.69) is 0 Å². The monoisotopic (exact) mass is 223 g/mol. The minimum absolute atomic E-state index is 0.0358. The molecule has 16 heavy (non-hydrogen) atoms. The van der Waals surface area contributed by atoms with Crippen LogP contribution in [0.5, 0.6) is 0 Å². The van der Waals surface area contributed by atoms with Crippen molar-refractivity contribution in [2.75, 3.05) is 6.54 Å². The number of hydrogen-bond donors (Lipinski definition) is 1. The van der Waals surface area contributed by atoms with E-state index in [4.69, 9.17) is 5.73 Å². The van der Waals surface area contributed by atoms with Crippen molar-refractivity contribution in [2.24, 2.45) is 5.73 Å². The molecule has 1 nitrogen and oxygen atoms in total. The lowest BCUT2D eigenvalue weighted by Gasteiger charge is -2.15. The number of nitrogens with two attached hydrogens (primary N) is 1. The zero-order valence-corrected chi connectivity index (χ0v) is 9.05. The predicted molar refractivity (Wildman–Crippen MR) is 58.7 cm³/mol. The molecule has 1 aromatic rings. The molecule has 0 aliphatic heterocycles. The number of hydrogen-bond acceptors (Lipinski definition) is 1. The van der Waals surface area contributed by atoms with E-state index in [1.165, 1.54) is 18.4 Å². The first-order chi connectivity index (χ1) is 7.59. The van der Waals surface area contributed by atoms with Crippen LogP contribution in [0.1, 0.15) is 36.3 Å². The van der Waals surface area contributed by atoms with Gasteiger partial charge in [0.25, 0.3) is 5.92 Å². The maximum absolute atomic E-state index is 13.4. The first-order valence-corrected chi connectivity index (χ1v) is 5.77. The highest BCUT2D eigenvalue weighted by Gasteiger charge is 2.71. The van der Waals surface area contributed by atoms with E-state index in [0.717, 1.165) is 5.56 Å². The average molecular weight is 223 g/mol. The van der Waals surface area contributed by atoms with Crippen LogP contribution in [0.4, 0.5) is 8.78 Å². The lowest BCUT2D eigenvalue weighted by Crippen LogP contribution is -2.26. The van der Waals surface area contributed by atoms with E-state index in [9.17, 15) is 8.78 Å². The fraction of sp³-hybridized carbons (Fsp3) is 0.538. The van der Waals surface area contributed by atoms with E-state index in [0.29, 0.717) is 5.92 Å². The van der Waals surface area contributed by atoms with Crippen LogP contribution in [-0.4, -0.2) is 12.5 Å². The van der Waals surface area contributed by atoms with Crippen LogP contribution in [0, 0.1) is 0 Å². The molecule has 2 aliphatic rings. The second kappa shape index (κ2) is 3.04. The molecular formula is C13H15F2N. The highest BCUT2D eigenvalue weighted by Crippen LogP contribution is 2.61. The van der Waals surface area contributed by atoms with Crippen molar-refractivity contribution in [3.8, 4) is 0 Å². The molecule has 0 saturated heterocycles. The molecule has 0 aromatic heterocycles. The first kappa shape index (κ1) is 10.2. The van der Waals surface area contributed by atoms with E-state index in [1.54, 1.807) is 6.07 Å². The molecule has 0 spiro atoms. The van der Waals surface area contributed by atoms with Gasteiger partial charge in [-0.2, -0.15) is 0 Å². The molecule has 2 saturated carbocycles. The summed E-state index contributed by atoms with van der Waals surface area (Å²) in [7, 11) is 0. The standard InChI is InChI=1S/C13H15F2N/c14-13(15)7-12(13,8-16)11-3-1-2-10(6-11)9-4-5-9/h1-3,6,9H,4-5,7-8,16H2. The molecule has 86 valence electrons. The highest BCUT2D eigenvalue weighted by molar-refractivity contribution is 5.42. The van der Waals surface area contributed by atoms with Gasteiger partial charge in [0.15, 0.2) is 0 Å². The first-order valence-electron chi connectivity index (χ1n) is 5.77. The van der Waals surface area contributed by atoms with Gasteiger partial charge >= 0.3 is 0 Å². The summed E-state index contributed by atoms with van der Waals surface area (Å²) in [5.41, 5.74) is 6.39. The quantitative estimate of drug-likeness (QED) is 0.837. The average Bonchev–Trinajstić information content (AvgIpc) is 3.14. The van der Waals surface area contributed by atoms with E-state index in [-0.39, 0.29) is 13.0 Å². The van der Waals surface area contributed by atoms with Gasteiger partial charge in [0.1, 0.15) is 0 Å². The van der Waals surface area contributed by atoms with Crippen molar-refractivity contribution in [1.82, 2.24) is 0 Å². The van der Waals surface area contributed by atoms with Crippen molar-refractivity contribution in [2.45, 2.75) is 36.5 Å². The number of halogens is 2. The summed E-state index contributed by atoms with van der Waals surface area (Å²) in [6, 6.07) is 7.64. The largest absolute Gasteiger partial charge is 0.329 e. The molecule has 2 N–H and O–H groups in total. The molecule has 0 radical (unpaired) electrons. The lowest BCUT2D eigenvalue weighted by atomic mass is 9.93. The van der Waals surface area contributed by atoms with Crippen LogP contribution in [0.2, 0.25) is 0 Å². The Hall–Kier alpha value is -0.960. The third-order valence-corrected chi connectivity index (χ3v) is 3.94. The van der Waals surface area contributed by atoms with Gasteiger partial charge in [-0.05, 0) is 29.9 Å². The Balaban J connectivity index is 1.97. The van der Waals surface area contributed by atoms with E-state index < -0.39 is 11.3 Å². The zero-order chi connectivity index (χ0) is 11.4. The maximum Gasteiger partial charge on any atom is 0.260 e. The fourth-order valence-electron chi connectivity index (χ4n) is 2.49. The van der Waals surface area contributed by atoms with Gasteiger partial charge in [-0.15, -0.1) is 0 Å². The van der Waals surface area contributed by atoms with Gasteiger partial charge in [0.2, 0.25) is 0 Å². The summed E-state index contributed by atoms with van der Waals surface area (Å²) >= 11 is 0. The van der Waals surface area contributed by atoms with E-state index in [1.807, 2.05) is 18.2 Å². The maximum atomic E-state index is 13.4. The summed E-state index contributed by atoms with van der Waals surface area (Å²) in [6.07, 6.45) is 2.29. The van der Waals surface area contributed by atoms with Crippen molar-refractivity contribution in [3.05, 3.63) is 35.4 Å². The fourth-order valence-corrected chi connectivity index (χ4v) is 2.49. The Morgan fingerprint density at radius 1 is 1.31 bits per heavy atom. The minimum Gasteiger partial charge on any atom is -0.329 e. The van der Waals surface area contributed by atoms with Crippen LogP contribution in [-0.2, 0) is 5.41 Å². The summed E-state index contributed by atoms with van der Waals surface area (Å²) in [5.74, 6) is -2.01. The molecule has 0 amide bonds. The second-order valence-electron chi connectivity index (χ2n) is 5.07. The van der Waals surface area contributed by atoms with Crippen LogP contribution in [0.15, 0.2) is 24.3 Å². The zero-order valence-electron chi connectivity index (χ0n) is 9.05. The molecule has 0 heterocycles. The number of rotatable bonds is 3. The van der Waals surface area contributed by atoms with Crippen LogP contribution >= 0.6 is 0 Å². The summed E-state index contributed by atoms with van der Waals surface area (Å²) in [5, 5.41) is 0. The molecular weight excluding hydrogens is 208 g/mol. The Morgan fingerprint density at radius 2 is 2.00 bits per heavy atom. The van der Waals surface area contributed by atoms with Gasteiger partial charge in [-0.3, -0.25) is 0 Å².